The van der Waals surface area contributed by atoms with Gasteiger partial charge in [0, 0.05) is 29.9 Å². The van der Waals surface area contributed by atoms with Gasteiger partial charge in [0.2, 0.25) is 5.91 Å². The fraction of sp³-hybridized carbons (Fsp3) is 0.333. The predicted molar refractivity (Wildman–Crippen MR) is 103 cm³/mol. The van der Waals surface area contributed by atoms with Crippen LogP contribution in [-0.4, -0.2) is 49.6 Å². The molecule has 0 saturated carbocycles. The SMILES string of the molecule is COc1ccccc1CC(=O)Nc1ccc(C(=O)N2CCOC(C)C2)cc1. The summed E-state index contributed by atoms with van der Waals surface area (Å²) in [5.41, 5.74) is 2.08. The van der Waals surface area contributed by atoms with Crippen LogP contribution in [0.2, 0.25) is 0 Å². The molecule has 0 aliphatic carbocycles. The van der Waals surface area contributed by atoms with Crippen LogP contribution in [0.5, 0.6) is 5.75 Å². The summed E-state index contributed by atoms with van der Waals surface area (Å²) in [4.78, 5) is 26.7. The lowest BCUT2D eigenvalue weighted by atomic mass is 10.1. The number of nitrogens with one attached hydrogen (secondary N) is 1. The van der Waals surface area contributed by atoms with Crippen molar-refractivity contribution in [2.24, 2.45) is 0 Å². The molecule has 0 spiro atoms. The van der Waals surface area contributed by atoms with E-state index < -0.39 is 0 Å². The Morgan fingerprint density at radius 3 is 2.63 bits per heavy atom. The molecular formula is C21H24N2O4. The number of carbonyl (C=O) groups is 2. The average Bonchev–Trinajstić information content (AvgIpc) is 2.68. The smallest absolute Gasteiger partial charge is 0.254 e. The number of ether oxygens (including phenoxy) is 2. The monoisotopic (exact) mass is 368 g/mol. The second kappa shape index (κ2) is 8.68. The summed E-state index contributed by atoms with van der Waals surface area (Å²) in [6.45, 7) is 3.71. The standard InChI is InChI=1S/C21H24N2O4/c1-15-14-23(11-12-27-15)21(25)16-7-9-18(10-8-16)22-20(24)13-17-5-3-4-6-19(17)26-2/h3-10,15H,11-14H2,1-2H3,(H,22,24). The van der Waals surface area contributed by atoms with Gasteiger partial charge in [-0.1, -0.05) is 18.2 Å². The highest BCUT2D eigenvalue weighted by atomic mass is 16.5. The number of para-hydroxylation sites is 1. The van der Waals surface area contributed by atoms with E-state index in [-0.39, 0.29) is 24.3 Å². The van der Waals surface area contributed by atoms with Crippen molar-refractivity contribution in [1.29, 1.82) is 0 Å². The Bertz CT molecular complexity index is 804. The van der Waals surface area contributed by atoms with Crippen molar-refractivity contribution in [2.45, 2.75) is 19.4 Å². The highest BCUT2D eigenvalue weighted by molar-refractivity contribution is 5.96. The minimum Gasteiger partial charge on any atom is -0.496 e. The van der Waals surface area contributed by atoms with Gasteiger partial charge in [-0.3, -0.25) is 9.59 Å². The van der Waals surface area contributed by atoms with E-state index in [0.717, 1.165) is 5.56 Å². The van der Waals surface area contributed by atoms with Crippen LogP contribution in [0.15, 0.2) is 48.5 Å². The van der Waals surface area contributed by atoms with Gasteiger partial charge in [0.25, 0.3) is 5.91 Å². The van der Waals surface area contributed by atoms with Crippen LogP contribution in [0.25, 0.3) is 0 Å². The number of methoxy groups -OCH3 is 1. The number of morpholine rings is 1. The Kier molecular flexibility index (Phi) is 6.08. The van der Waals surface area contributed by atoms with Crippen molar-refractivity contribution in [1.82, 2.24) is 4.90 Å². The predicted octanol–water partition coefficient (Wildman–Crippen LogP) is 2.74. The zero-order valence-electron chi connectivity index (χ0n) is 15.6. The summed E-state index contributed by atoms with van der Waals surface area (Å²) in [5.74, 6) is 0.533. The first-order valence-electron chi connectivity index (χ1n) is 8.99. The van der Waals surface area contributed by atoms with E-state index >= 15 is 0 Å². The Hall–Kier alpha value is -2.86. The largest absolute Gasteiger partial charge is 0.496 e. The van der Waals surface area contributed by atoms with Crippen LogP contribution in [0.1, 0.15) is 22.8 Å². The molecule has 1 fully saturated rings. The maximum atomic E-state index is 12.6. The Morgan fingerprint density at radius 2 is 1.93 bits per heavy atom. The van der Waals surface area contributed by atoms with Gasteiger partial charge >= 0.3 is 0 Å². The first kappa shape index (κ1) is 18.9. The summed E-state index contributed by atoms with van der Waals surface area (Å²) in [6, 6.07) is 14.4. The van der Waals surface area contributed by atoms with Gasteiger partial charge in [0.15, 0.2) is 0 Å². The van der Waals surface area contributed by atoms with Gasteiger partial charge in [-0.15, -0.1) is 0 Å². The van der Waals surface area contributed by atoms with E-state index in [2.05, 4.69) is 5.32 Å². The van der Waals surface area contributed by atoms with E-state index in [1.54, 1.807) is 36.3 Å². The summed E-state index contributed by atoms with van der Waals surface area (Å²) < 4.78 is 10.7. The molecular weight excluding hydrogens is 344 g/mol. The summed E-state index contributed by atoms with van der Waals surface area (Å²) >= 11 is 0. The second-order valence-electron chi connectivity index (χ2n) is 6.55. The molecule has 2 aromatic rings. The Balaban J connectivity index is 1.60. The zero-order valence-corrected chi connectivity index (χ0v) is 15.6. The first-order valence-corrected chi connectivity index (χ1v) is 8.99. The van der Waals surface area contributed by atoms with Crippen LogP contribution >= 0.6 is 0 Å². The molecule has 1 unspecified atom stereocenters. The molecule has 2 amide bonds. The number of anilines is 1. The molecule has 1 N–H and O–H groups in total. The molecule has 6 nitrogen and oxygen atoms in total. The van der Waals surface area contributed by atoms with Crippen LogP contribution < -0.4 is 10.1 Å². The number of rotatable bonds is 5. The third-order valence-corrected chi connectivity index (χ3v) is 4.49. The topological polar surface area (TPSA) is 67.9 Å². The molecule has 1 atom stereocenters. The van der Waals surface area contributed by atoms with Crippen LogP contribution in [-0.2, 0) is 16.0 Å². The van der Waals surface area contributed by atoms with E-state index in [0.29, 0.717) is 36.7 Å². The number of hydrogen-bond acceptors (Lipinski definition) is 4. The molecule has 1 saturated heterocycles. The summed E-state index contributed by atoms with van der Waals surface area (Å²) in [7, 11) is 1.59. The van der Waals surface area contributed by atoms with Gasteiger partial charge in [0.05, 0.1) is 26.2 Å². The molecule has 1 heterocycles. The van der Waals surface area contributed by atoms with Gasteiger partial charge < -0.3 is 19.7 Å². The minimum atomic E-state index is -0.138. The second-order valence-corrected chi connectivity index (χ2v) is 6.55. The highest BCUT2D eigenvalue weighted by Crippen LogP contribution is 2.19. The molecule has 1 aliphatic heterocycles. The van der Waals surface area contributed by atoms with Crippen molar-refractivity contribution >= 4 is 17.5 Å². The molecule has 1 aliphatic rings. The van der Waals surface area contributed by atoms with E-state index in [9.17, 15) is 9.59 Å². The fourth-order valence-corrected chi connectivity index (χ4v) is 3.11. The van der Waals surface area contributed by atoms with Crippen molar-refractivity contribution in [2.75, 3.05) is 32.1 Å². The third kappa shape index (κ3) is 4.86. The average molecular weight is 368 g/mol. The summed E-state index contributed by atoms with van der Waals surface area (Å²) in [5, 5.41) is 2.86. The molecule has 3 rings (SSSR count). The highest BCUT2D eigenvalue weighted by Gasteiger charge is 2.22. The van der Waals surface area contributed by atoms with Gasteiger partial charge in [-0.25, -0.2) is 0 Å². The number of nitrogens with zero attached hydrogens (tertiary/aromatic N) is 1. The fourth-order valence-electron chi connectivity index (χ4n) is 3.11. The molecule has 0 aromatic heterocycles. The maximum absolute atomic E-state index is 12.6. The molecule has 2 aromatic carbocycles. The van der Waals surface area contributed by atoms with Crippen LogP contribution in [0.4, 0.5) is 5.69 Å². The lowest BCUT2D eigenvalue weighted by Crippen LogP contribution is -2.44. The maximum Gasteiger partial charge on any atom is 0.254 e. The summed E-state index contributed by atoms with van der Waals surface area (Å²) in [6.07, 6.45) is 0.271. The van der Waals surface area contributed by atoms with Crippen LogP contribution in [0, 0.1) is 0 Å². The molecule has 142 valence electrons. The third-order valence-electron chi connectivity index (χ3n) is 4.49. The van der Waals surface area contributed by atoms with Gasteiger partial charge in [-0.05, 0) is 37.3 Å². The minimum absolute atomic E-state index is 0.0166. The lowest BCUT2D eigenvalue weighted by Gasteiger charge is -2.31. The number of hydrogen-bond donors (Lipinski definition) is 1. The van der Waals surface area contributed by atoms with Gasteiger partial charge in [0.1, 0.15) is 5.75 Å². The molecule has 0 radical (unpaired) electrons. The van der Waals surface area contributed by atoms with Crippen molar-refractivity contribution in [3.63, 3.8) is 0 Å². The normalized spacial score (nSPS) is 16.7. The van der Waals surface area contributed by atoms with E-state index in [1.807, 2.05) is 31.2 Å². The molecule has 6 heteroatoms. The van der Waals surface area contributed by atoms with Crippen molar-refractivity contribution < 1.29 is 19.1 Å². The zero-order chi connectivity index (χ0) is 19.2. The number of carbonyl (C=O) groups excluding carboxylic acids is 2. The first-order chi connectivity index (χ1) is 13.1. The lowest BCUT2D eigenvalue weighted by molar-refractivity contribution is -0.115. The molecule has 0 bridgehead atoms. The quantitative estimate of drug-likeness (QED) is 0.881. The molecule has 27 heavy (non-hydrogen) atoms. The van der Waals surface area contributed by atoms with Crippen LogP contribution in [0.3, 0.4) is 0 Å². The Labute approximate surface area is 159 Å². The van der Waals surface area contributed by atoms with Crippen molar-refractivity contribution in [3.05, 3.63) is 59.7 Å². The number of benzene rings is 2. The van der Waals surface area contributed by atoms with Gasteiger partial charge in [-0.2, -0.15) is 0 Å². The van der Waals surface area contributed by atoms with E-state index in [1.165, 1.54) is 0 Å². The van der Waals surface area contributed by atoms with E-state index in [4.69, 9.17) is 9.47 Å². The Morgan fingerprint density at radius 1 is 1.19 bits per heavy atom. The number of amides is 2. The van der Waals surface area contributed by atoms with Crippen molar-refractivity contribution in [3.8, 4) is 5.75 Å².